The van der Waals surface area contributed by atoms with Crippen LogP contribution in [0, 0.1) is 0 Å². The molecule has 1 fully saturated rings. The van der Waals surface area contributed by atoms with E-state index in [9.17, 15) is 13.2 Å². The van der Waals surface area contributed by atoms with Gasteiger partial charge in [0.25, 0.3) is 0 Å². The highest BCUT2D eigenvalue weighted by atomic mass is 19.4. The number of hydrogen-bond donors (Lipinski definition) is 1. The number of rotatable bonds is 6. The molecular formula is C15H20F3NO. The molecule has 0 aromatic heterocycles. The zero-order valence-corrected chi connectivity index (χ0v) is 11.4. The van der Waals surface area contributed by atoms with E-state index in [2.05, 4.69) is 4.90 Å². The van der Waals surface area contributed by atoms with Crippen molar-refractivity contribution in [1.82, 2.24) is 4.90 Å². The summed E-state index contributed by atoms with van der Waals surface area (Å²) in [5.41, 5.74) is -0.224. The van der Waals surface area contributed by atoms with Crippen LogP contribution in [0.2, 0.25) is 0 Å². The Labute approximate surface area is 117 Å². The van der Waals surface area contributed by atoms with Crippen LogP contribution >= 0.6 is 0 Å². The van der Waals surface area contributed by atoms with E-state index in [-0.39, 0.29) is 6.61 Å². The molecule has 20 heavy (non-hydrogen) atoms. The zero-order valence-electron chi connectivity index (χ0n) is 11.4. The maximum Gasteiger partial charge on any atom is 0.416 e. The largest absolute Gasteiger partial charge is 0.416 e. The molecule has 0 atom stereocenters. The van der Waals surface area contributed by atoms with Gasteiger partial charge in [0.05, 0.1) is 5.56 Å². The fourth-order valence-corrected chi connectivity index (χ4v) is 2.57. The van der Waals surface area contributed by atoms with Gasteiger partial charge in [0, 0.05) is 25.7 Å². The van der Waals surface area contributed by atoms with Crippen LogP contribution in [0.15, 0.2) is 24.3 Å². The van der Waals surface area contributed by atoms with Crippen molar-refractivity contribution in [2.75, 3.05) is 13.2 Å². The highest BCUT2D eigenvalue weighted by molar-refractivity contribution is 5.29. The molecule has 1 saturated carbocycles. The summed E-state index contributed by atoms with van der Waals surface area (Å²) in [7, 11) is 0. The lowest BCUT2D eigenvalue weighted by Crippen LogP contribution is -2.40. The lowest BCUT2D eigenvalue weighted by Gasteiger charge is -2.38. The molecule has 0 saturated heterocycles. The molecular weight excluding hydrogens is 267 g/mol. The van der Waals surface area contributed by atoms with Gasteiger partial charge in [0.2, 0.25) is 0 Å². The van der Waals surface area contributed by atoms with Gasteiger partial charge in [-0.05, 0) is 30.9 Å². The average Bonchev–Trinajstić information content (AvgIpc) is 2.33. The fourth-order valence-electron chi connectivity index (χ4n) is 2.57. The Morgan fingerprint density at radius 2 is 1.90 bits per heavy atom. The standard InChI is InChI=1S/C15H20F3NO/c16-15(17,18)14-8-2-1-5-12(14)11-19(9-4-10-20)13-6-3-7-13/h1-2,5,8,13,20H,3-4,6-7,9-11H2. The van der Waals surface area contributed by atoms with Crippen molar-refractivity contribution in [3.8, 4) is 0 Å². The summed E-state index contributed by atoms with van der Waals surface area (Å²) in [6, 6.07) is 6.12. The molecule has 0 amide bonds. The molecule has 5 heteroatoms. The minimum Gasteiger partial charge on any atom is -0.396 e. The predicted molar refractivity (Wildman–Crippen MR) is 71.2 cm³/mol. The first-order valence-corrected chi connectivity index (χ1v) is 7.02. The second-order valence-electron chi connectivity index (χ2n) is 5.29. The van der Waals surface area contributed by atoms with Crippen LogP contribution in [0.3, 0.4) is 0 Å². The SMILES string of the molecule is OCCCN(Cc1ccccc1C(F)(F)F)C1CCC1. The van der Waals surface area contributed by atoms with Gasteiger partial charge in [-0.3, -0.25) is 4.90 Å². The van der Waals surface area contributed by atoms with Gasteiger partial charge in [-0.25, -0.2) is 0 Å². The molecule has 1 aromatic carbocycles. The van der Waals surface area contributed by atoms with Crippen LogP contribution in [0.4, 0.5) is 13.2 Å². The van der Waals surface area contributed by atoms with E-state index in [1.807, 2.05) is 0 Å². The molecule has 0 aliphatic heterocycles. The number of aliphatic hydroxyl groups is 1. The first-order valence-electron chi connectivity index (χ1n) is 7.02. The summed E-state index contributed by atoms with van der Waals surface area (Å²) >= 11 is 0. The molecule has 1 aromatic rings. The second kappa shape index (κ2) is 6.59. The molecule has 112 valence electrons. The minimum atomic E-state index is -4.31. The maximum atomic E-state index is 13.0. The zero-order chi connectivity index (χ0) is 14.6. The third-order valence-corrected chi connectivity index (χ3v) is 3.89. The molecule has 1 N–H and O–H groups in total. The van der Waals surface area contributed by atoms with Gasteiger partial charge in [-0.1, -0.05) is 24.6 Å². The van der Waals surface area contributed by atoms with Crippen molar-refractivity contribution in [2.45, 2.75) is 44.4 Å². The highest BCUT2D eigenvalue weighted by Crippen LogP contribution is 2.34. The van der Waals surface area contributed by atoms with E-state index in [0.29, 0.717) is 31.1 Å². The molecule has 0 heterocycles. The Balaban J connectivity index is 2.13. The molecule has 0 bridgehead atoms. The average molecular weight is 287 g/mol. The third-order valence-electron chi connectivity index (χ3n) is 3.89. The maximum absolute atomic E-state index is 13.0. The van der Waals surface area contributed by atoms with Crippen molar-refractivity contribution in [3.63, 3.8) is 0 Å². The van der Waals surface area contributed by atoms with E-state index in [1.165, 1.54) is 6.07 Å². The Morgan fingerprint density at radius 1 is 1.20 bits per heavy atom. The van der Waals surface area contributed by atoms with Crippen molar-refractivity contribution < 1.29 is 18.3 Å². The van der Waals surface area contributed by atoms with Gasteiger partial charge in [0.1, 0.15) is 0 Å². The first-order chi connectivity index (χ1) is 9.52. The molecule has 0 unspecified atom stereocenters. The Bertz CT molecular complexity index is 429. The Morgan fingerprint density at radius 3 is 2.45 bits per heavy atom. The number of benzene rings is 1. The molecule has 2 rings (SSSR count). The summed E-state index contributed by atoms with van der Waals surface area (Å²) in [6.45, 7) is 1.03. The summed E-state index contributed by atoms with van der Waals surface area (Å²) in [5, 5.41) is 8.93. The van der Waals surface area contributed by atoms with Gasteiger partial charge in [0.15, 0.2) is 0 Å². The number of aliphatic hydroxyl groups excluding tert-OH is 1. The van der Waals surface area contributed by atoms with Crippen LogP contribution < -0.4 is 0 Å². The van der Waals surface area contributed by atoms with E-state index >= 15 is 0 Å². The van der Waals surface area contributed by atoms with Crippen LogP contribution in [0.5, 0.6) is 0 Å². The number of hydrogen-bond acceptors (Lipinski definition) is 2. The van der Waals surface area contributed by atoms with Crippen LogP contribution in [0.1, 0.15) is 36.8 Å². The summed E-state index contributed by atoms with van der Waals surface area (Å²) in [4.78, 5) is 2.07. The fraction of sp³-hybridized carbons (Fsp3) is 0.600. The van der Waals surface area contributed by atoms with Crippen LogP contribution in [-0.4, -0.2) is 29.2 Å². The molecule has 1 aliphatic rings. The molecule has 0 radical (unpaired) electrons. The minimum absolute atomic E-state index is 0.0735. The number of nitrogens with zero attached hydrogens (tertiary/aromatic N) is 1. The smallest absolute Gasteiger partial charge is 0.396 e. The van der Waals surface area contributed by atoms with Crippen molar-refractivity contribution >= 4 is 0 Å². The lowest BCUT2D eigenvalue weighted by atomic mass is 9.90. The monoisotopic (exact) mass is 287 g/mol. The summed E-state index contributed by atoms with van der Waals surface area (Å²) in [5.74, 6) is 0. The highest BCUT2D eigenvalue weighted by Gasteiger charge is 2.34. The van der Waals surface area contributed by atoms with Crippen LogP contribution in [0.25, 0.3) is 0 Å². The Kier molecular flexibility index (Phi) is 5.05. The molecule has 0 spiro atoms. The van der Waals surface area contributed by atoms with Gasteiger partial charge in [-0.15, -0.1) is 0 Å². The van der Waals surface area contributed by atoms with E-state index in [1.54, 1.807) is 12.1 Å². The van der Waals surface area contributed by atoms with E-state index in [0.717, 1.165) is 25.3 Å². The number of alkyl halides is 3. The van der Waals surface area contributed by atoms with Gasteiger partial charge in [-0.2, -0.15) is 13.2 Å². The normalized spacial score (nSPS) is 16.4. The lowest BCUT2D eigenvalue weighted by molar-refractivity contribution is -0.138. The van der Waals surface area contributed by atoms with E-state index in [4.69, 9.17) is 5.11 Å². The molecule has 1 aliphatic carbocycles. The Hall–Kier alpha value is -1.07. The van der Waals surface area contributed by atoms with Crippen LogP contribution in [-0.2, 0) is 12.7 Å². The van der Waals surface area contributed by atoms with E-state index < -0.39 is 11.7 Å². The molecule has 2 nitrogen and oxygen atoms in total. The topological polar surface area (TPSA) is 23.5 Å². The third kappa shape index (κ3) is 3.73. The summed E-state index contributed by atoms with van der Waals surface area (Å²) in [6.07, 6.45) is -0.482. The number of halogens is 3. The quantitative estimate of drug-likeness (QED) is 0.866. The summed E-state index contributed by atoms with van der Waals surface area (Å²) < 4.78 is 39.0. The van der Waals surface area contributed by atoms with Crippen molar-refractivity contribution in [2.24, 2.45) is 0 Å². The van der Waals surface area contributed by atoms with Gasteiger partial charge < -0.3 is 5.11 Å². The van der Waals surface area contributed by atoms with Crippen molar-refractivity contribution in [1.29, 1.82) is 0 Å². The first kappa shape index (κ1) is 15.3. The van der Waals surface area contributed by atoms with Crippen molar-refractivity contribution in [3.05, 3.63) is 35.4 Å². The van der Waals surface area contributed by atoms with Gasteiger partial charge >= 0.3 is 6.18 Å². The predicted octanol–water partition coefficient (Wildman–Crippen LogP) is 3.44. The second-order valence-corrected chi connectivity index (χ2v) is 5.29.